The van der Waals surface area contributed by atoms with Crippen LogP contribution in [0.5, 0.6) is 0 Å². The summed E-state index contributed by atoms with van der Waals surface area (Å²) < 4.78 is 12.4. The second-order valence-electron chi connectivity index (χ2n) is 11.1. The Kier molecular flexibility index (Phi) is 6.46. The van der Waals surface area contributed by atoms with E-state index in [1.54, 1.807) is 0 Å². The van der Waals surface area contributed by atoms with Gasteiger partial charge in [-0.15, -0.1) is 0 Å². The first-order chi connectivity index (χ1) is 18.8. The summed E-state index contributed by atoms with van der Waals surface area (Å²) in [7, 11) is -0.351. The topological polar surface area (TPSA) is 31.4 Å². The summed E-state index contributed by atoms with van der Waals surface area (Å²) >= 11 is 0. The molecule has 1 aromatic heterocycles. The molecule has 1 saturated heterocycles. The van der Waals surface area contributed by atoms with Crippen LogP contribution in [0, 0.1) is 0 Å². The Balaban J connectivity index is 1.29. The molecule has 4 aromatic carbocycles. The molecule has 1 aliphatic rings. The van der Waals surface area contributed by atoms with Gasteiger partial charge >= 0.3 is 7.12 Å². The van der Waals surface area contributed by atoms with E-state index in [2.05, 4.69) is 137 Å². The minimum atomic E-state index is -0.351. The quantitative estimate of drug-likeness (QED) is 0.225. The molecule has 1 fully saturated rings. The Morgan fingerprint density at radius 1 is 0.462 bits per heavy atom. The zero-order valence-electron chi connectivity index (χ0n) is 22.9. The Hall–Kier alpha value is -3.99. The van der Waals surface area contributed by atoms with Crippen molar-refractivity contribution in [2.24, 2.45) is 0 Å². The number of aromatic nitrogens is 1. The first-order valence-corrected chi connectivity index (χ1v) is 13.5. The van der Waals surface area contributed by atoms with Gasteiger partial charge in [0.05, 0.1) is 22.6 Å². The summed E-state index contributed by atoms with van der Waals surface area (Å²) in [5.41, 5.74) is 9.11. The third kappa shape index (κ3) is 5.06. The van der Waals surface area contributed by atoms with Crippen molar-refractivity contribution in [3.05, 3.63) is 121 Å². The van der Waals surface area contributed by atoms with Crippen LogP contribution in [-0.4, -0.2) is 23.3 Å². The van der Waals surface area contributed by atoms with Crippen LogP contribution in [0.4, 0.5) is 0 Å². The Morgan fingerprint density at radius 2 is 0.846 bits per heavy atom. The molecule has 5 aromatic rings. The first kappa shape index (κ1) is 25.3. The standard InChI is InChI=1S/C35H32BNO2/c1-34(2)35(3,4)39-36(38-34)31-21-19-26(20-22-31)25-15-17-27(18-16-25)30-23-32(28-11-7-5-8-12-28)37-33(24-30)29-13-9-6-10-14-29/h5-24H,1-4H3. The Morgan fingerprint density at radius 3 is 1.28 bits per heavy atom. The lowest BCUT2D eigenvalue weighted by molar-refractivity contribution is 0.00578. The van der Waals surface area contributed by atoms with Crippen LogP contribution in [0.15, 0.2) is 121 Å². The van der Waals surface area contributed by atoms with E-state index < -0.39 is 0 Å². The average molecular weight is 509 g/mol. The van der Waals surface area contributed by atoms with E-state index in [1.165, 1.54) is 5.56 Å². The summed E-state index contributed by atoms with van der Waals surface area (Å²) in [5, 5.41) is 0. The second kappa shape index (κ2) is 9.96. The van der Waals surface area contributed by atoms with E-state index in [1.807, 2.05) is 12.1 Å². The van der Waals surface area contributed by atoms with E-state index >= 15 is 0 Å². The molecule has 2 heterocycles. The van der Waals surface area contributed by atoms with Gasteiger partial charge in [0.25, 0.3) is 0 Å². The van der Waals surface area contributed by atoms with Crippen molar-refractivity contribution in [2.75, 3.05) is 0 Å². The minimum Gasteiger partial charge on any atom is -0.399 e. The highest BCUT2D eigenvalue weighted by molar-refractivity contribution is 6.62. The van der Waals surface area contributed by atoms with Crippen molar-refractivity contribution in [1.29, 1.82) is 0 Å². The maximum atomic E-state index is 6.22. The summed E-state index contributed by atoms with van der Waals surface area (Å²) in [6.45, 7) is 8.32. The van der Waals surface area contributed by atoms with E-state index in [-0.39, 0.29) is 18.3 Å². The highest BCUT2D eigenvalue weighted by Crippen LogP contribution is 2.37. The fourth-order valence-electron chi connectivity index (χ4n) is 4.88. The summed E-state index contributed by atoms with van der Waals surface area (Å²) in [6.07, 6.45) is 0. The number of pyridine rings is 1. The lowest BCUT2D eigenvalue weighted by atomic mass is 9.78. The van der Waals surface area contributed by atoms with Gasteiger partial charge in [-0.25, -0.2) is 4.98 Å². The van der Waals surface area contributed by atoms with Gasteiger partial charge in [-0.3, -0.25) is 0 Å². The molecule has 0 unspecified atom stereocenters. The predicted molar refractivity (Wildman–Crippen MR) is 162 cm³/mol. The van der Waals surface area contributed by atoms with Gasteiger partial charge in [0.2, 0.25) is 0 Å². The van der Waals surface area contributed by atoms with Gasteiger partial charge in [-0.05, 0) is 67.5 Å². The van der Waals surface area contributed by atoms with Crippen LogP contribution in [0.2, 0.25) is 0 Å². The van der Waals surface area contributed by atoms with E-state index in [0.29, 0.717) is 0 Å². The second-order valence-corrected chi connectivity index (χ2v) is 11.1. The van der Waals surface area contributed by atoms with E-state index in [4.69, 9.17) is 14.3 Å². The highest BCUT2D eigenvalue weighted by Gasteiger charge is 2.51. The normalized spacial score (nSPS) is 15.8. The minimum absolute atomic E-state index is 0.347. The van der Waals surface area contributed by atoms with Crippen molar-refractivity contribution in [2.45, 2.75) is 38.9 Å². The molecule has 192 valence electrons. The van der Waals surface area contributed by atoms with Crippen molar-refractivity contribution in [3.63, 3.8) is 0 Å². The van der Waals surface area contributed by atoms with Crippen molar-refractivity contribution < 1.29 is 9.31 Å². The maximum Gasteiger partial charge on any atom is 0.494 e. The molecule has 39 heavy (non-hydrogen) atoms. The van der Waals surface area contributed by atoms with Gasteiger partial charge < -0.3 is 9.31 Å². The first-order valence-electron chi connectivity index (χ1n) is 13.5. The number of nitrogens with zero attached hydrogens (tertiary/aromatic N) is 1. The lowest BCUT2D eigenvalue weighted by Gasteiger charge is -2.32. The molecular weight excluding hydrogens is 477 g/mol. The van der Waals surface area contributed by atoms with Crippen molar-refractivity contribution in [1.82, 2.24) is 4.98 Å². The summed E-state index contributed by atoms with van der Waals surface area (Å²) in [5.74, 6) is 0. The molecule has 4 heteroatoms. The lowest BCUT2D eigenvalue weighted by Crippen LogP contribution is -2.41. The number of hydrogen-bond donors (Lipinski definition) is 0. The van der Waals surface area contributed by atoms with Gasteiger partial charge in [-0.1, -0.05) is 109 Å². The third-order valence-corrected chi connectivity index (χ3v) is 7.95. The van der Waals surface area contributed by atoms with Gasteiger partial charge in [0.1, 0.15) is 0 Å². The predicted octanol–water partition coefficient (Wildman–Crippen LogP) is 8.05. The molecular formula is C35H32BNO2. The molecule has 0 amide bonds. The smallest absolute Gasteiger partial charge is 0.399 e. The van der Waals surface area contributed by atoms with Crippen LogP contribution >= 0.6 is 0 Å². The molecule has 0 spiro atoms. The van der Waals surface area contributed by atoms with Gasteiger partial charge in [0.15, 0.2) is 0 Å². The largest absolute Gasteiger partial charge is 0.494 e. The molecule has 0 saturated carbocycles. The monoisotopic (exact) mass is 509 g/mol. The van der Waals surface area contributed by atoms with Crippen LogP contribution in [0.25, 0.3) is 44.8 Å². The molecule has 3 nitrogen and oxygen atoms in total. The molecule has 0 N–H and O–H groups in total. The average Bonchev–Trinajstić information content (AvgIpc) is 3.20. The third-order valence-electron chi connectivity index (χ3n) is 7.95. The van der Waals surface area contributed by atoms with Crippen molar-refractivity contribution >= 4 is 12.6 Å². The Labute approximate surface area is 231 Å². The molecule has 0 atom stereocenters. The zero-order valence-corrected chi connectivity index (χ0v) is 22.9. The molecule has 0 aliphatic carbocycles. The number of hydrogen-bond acceptors (Lipinski definition) is 3. The number of rotatable bonds is 5. The van der Waals surface area contributed by atoms with Crippen LogP contribution < -0.4 is 5.46 Å². The fraction of sp³-hybridized carbons (Fsp3) is 0.171. The fourth-order valence-corrected chi connectivity index (χ4v) is 4.88. The molecule has 0 bridgehead atoms. The summed E-state index contributed by atoms with van der Waals surface area (Å²) in [4.78, 5) is 5.00. The van der Waals surface area contributed by atoms with Gasteiger partial charge in [-0.2, -0.15) is 0 Å². The van der Waals surface area contributed by atoms with Crippen molar-refractivity contribution in [3.8, 4) is 44.8 Å². The van der Waals surface area contributed by atoms with Gasteiger partial charge in [0, 0.05) is 11.1 Å². The zero-order chi connectivity index (χ0) is 27.0. The molecule has 0 radical (unpaired) electrons. The van der Waals surface area contributed by atoms with E-state index in [0.717, 1.165) is 44.7 Å². The van der Waals surface area contributed by atoms with E-state index in [9.17, 15) is 0 Å². The van der Waals surface area contributed by atoms with Crippen LogP contribution in [0.3, 0.4) is 0 Å². The molecule has 6 rings (SSSR count). The molecule has 1 aliphatic heterocycles. The highest BCUT2D eigenvalue weighted by atomic mass is 16.7. The van der Waals surface area contributed by atoms with Crippen LogP contribution in [0.1, 0.15) is 27.7 Å². The summed E-state index contributed by atoms with van der Waals surface area (Å²) in [6, 6.07) is 42.3. The van der Waals surface area contributed by atoms with Crippen LogP contribution in [-0.2, 0) is 9.31 Å². The SMILES string of the molecule is CC1(C)OB(c2ccc(-c3ccc(-c4cc(-c5ccccc5)nc(-c5ccccc5)c4)cc3)cc2)OC1(C)C. The maximum absolute atomic E-state index is 6.22. The number of benzene rings is 4. The Bertz CT molecular complexity index is 1500.